The molecule has 1 N–H and O–H groups in total. The van der Waals surface area contributed by atoms with Gasteiger partial charge in [0.05, 0.1) is 5.41 Å². The van der Waals surface area contributed by atoms with Crippen molar-refractivity contribution in [1.29, 1.82) is 0 Å². The summed E-state index contributed by atoms with van der Waals surface area (Å²) in [6.07, 6.45) is 1.61. The fourth-order valence-electron chi connectivity index (χ4n) is 3.67. The number of likely N-dealkylation sites (tertiary alicyclic amines) is 1. The highest BCUT2D eigenvalue weighted by atomic mass is 16.6. The lowest BCUT2D eigenvalue weighted by Crippen LogP contribution is -2.41. The SMILES string of the molecule is CC(=O)N1CCC2(C(=O)Nc3ccc4c(c3)OCCO4)CC2C1. The summed E-state index contributed by atoms with van der Waals surface area (Å²) in [6, 6.07) is 5.47. The maximum Gasteiger partial charge on any atom is 0.231 e. The van der Waals surface area contributed by atoms with Crippen LogP contribution in [0.4, 0.5) is 5.69 Å². The number of piperidine rings is 1. The van der Waals surface area contributed by atoms with E-state index in [0.29, 0.717) is 37.8 Å². The highest BCUT2D eigenvalue weighted by molar-refractivity contribution is 5.98. The van der Waals surface area contributed by atoms with Crippen LogP contribution in [0.5, 0.6) is 11.5 Å². The second kappa shape index (κ2) is 5.15. The van der Waals surface area contributed by atoms with E-state index in [-0.39, 0.29) is 23.1 Å². The first-order valence-electron chi connectivity index (χ1n) is 8.05. The van der Waals surface area contributed by atoms with Gasteiger partial charge in [-0.05, 0) is 30.9 Å². The summed E-state index contributed by atoms with van der Waals surface area (Å²) in [7, 11) is 0. The summed E-state index contributed by atoms with van der Waals surface area (Å²) < 4.78 is 11.0. The Morgan fingerprint density at radius 1 is 1.26 bits per heavy atom. The van der Waals surface area contributed by atoms with Gasteiger partial charge in [0.2, 0.25) is 11.8 Å². The molecule has 0 radical (unpaired) electrons. The van der Waals surface area contributed by atoms with Crippen molar-refractivity contribution in [2.24, 2.45) is 11.3 Å². The normalized spacial score (nSPS) is 27.9. The molecule has 0 aromatic heterocycles. The molecule has 2 heterocycles. The van der Waals surface area contributed by atoms with Crippen LogP contribution in [0.3, 0.4) is 0 Å². The zero-order chi connectivity index (χ0) is 16.0. The minimum atomic E-state index is -0.292. The summed E-state index contributed by atoms with van der Waals surface area (Å²) in [4.78, 5) is 26.0. The number of anilines is 1. The maximum atomic E-state index is 12.7. The fraction of sp³-hybridized carbons (Fsp3) is 0.529. The monoisotopic (exact) mass is 316 g/mol. The first-order chi connectivity index (χ1) is 11.1. The fourth-order valence-corrected chi connectivity index (χ4v) is 3.67. The average Bonchev–Trinajstić information content (AvgIpc) is 3.29. The first-order valence-corrected chi connectivity index (χ1v) is 8.05. The van der Waals surface area contributed by atoms with E-state index in [0.717, 1.165) is 18.5 Å². The molecular weight excluding hydrogens is 296 g/mol. The van der Waals surface area contributed by atoms with E-state index in [1.54, 1.807) is 6.92 Å². The Morgan fingerprint density at radius 3 is 2.78 bits per heavy atom. The highest BCUT2D eigenvalue weighted by Crippen LogP contribution is 2.58. The predicted octanol–water partition coefficient (Wildman–Crippen LogP) is 1.65. The summed E-state index contributed by atoms with van der Waals surface area (Å²) >= 11 is 0. The molecule has 23 heavy (non-hydrogen) atoms. The van der Waals surface area contributed by atoms with E-state index < -0.39 is 0 Å². The Labute approximate surface area is 134 Å². The number of carbonyl (C=O) groups excluding carboxylic acids is 2. The predicted molar refractivity (Wildman–Crippen MR) is 83.5 cm³/mol. The number of amides is 2. The molecule has 6 heteroatoms. The van der Waals surface area contributed by atoms with Gasteiger partial charge in [-0.2, -0.15) is 0 Å². The minimum Gasteiger partial charge on any atom is -0.486 e. The second-order valence-electron chi connectivity index (χ2n) is 6.58. The molecule has 2 atom stereocenters. The molecule has 122 valence electrons. The van der Waals surface area contributed by atoms with Crippen molar-refractivity contribution in [2.45, 2.75) is 19.8 Å². The summed E-state index contributed by atoms with van der Waals surface area (Å²) in [5.74, 6) is 1.83. The maximum absolute atomic E-state index is 12.7. The molecular formula is C17H20N2O4. The zero-order valence-corrected chi connectivity index (χ0v) is 13.1. The van der Waals surface area contributed by atoms with Gasteiger partial charge in [0.25, 0.3) is 0 Å². The Morgan fingerprint density at radius 2 is 2.04 bits per heavy atom. The van der Waals surface area contributed by atoms with Gasteiger partial charge in [0, 0.05) is 31.8 Å². The molecule has 3 aliphatic rings. The molecule has 2 amide bonds. The summed E-state index contributed by atoms with van der Waals surface area (Å²) in [5.41, 5.74) is 0.437. The second-order valence-corrected chi connectivity index (χ2v) is 6.58. The Balaban J connectivity index is 1.44. The zero-order valence-electron chi connectivity index (χ0n) is 13.1. The van der Waals surface area contributed by atoms with Gasteiger partial charge >= 0.3 is 0 Å². The molecule has 0 spiro atoms. The van der Waals surface area contributed by atoms with Crippen LogP contribution in [0.15, 0.2) is 18.2 Å². The van der Waals surface area contributed by atoms with Crippen molar-refractivity contribution in [3.8, 4) is 11.5 Å². The van der Waals surface area contributed by atoms with Crippen molar-refractivity contribution in [3.05, 3.63) is 18.2 Å². The molecule has 0 bridgehead atoms. The van der Waals surface area contributed by atoms with Gasteiger partial charge in [-0.1, -0.05) is 0 Å². The van der Waals surface area contributed by atoms with E-state index in [1.165, 1.54) is 0 Å². The molecule has 2 aliphatic heterocycles. The van der Waals surface area contributed by atoms with Gasteiger partial charge in [-0.15, -0.1) is 0 Å². The molecule has 1 saturated heterocycles. The lowest BCUT2D eigenvalue weighted by molar-refractivity contribution is -0.132. The molecule has 1 saturated carbocycles. The number of nitrogens with one attached hydrogen (secondary N) is 1. The van der Waals surface area contributed by atoms with Gasteiger partial charge < -0.3 is 19.7 Å². The van der Waals surface area contributed by atoms with Crippen LogP contribution in [0.1, 0.15) is 19.8 Å². The van der Waals surface area contributed by atoms with Crippen molar-refractivity contribution in [2.75, 3.05) is 31.6 Å². The Bertz CT molecular complexity index is 675. The third kappa shape index (κ3) is 2.42. The molecule has 4 rings (SSSR count). The number of ether oxygens (including phenoxy) is 2. The molecule has 2 unspecified atom stereocenters. The van der Waals surface area contributed by atoms with Crippen LogP contribution < -0.4 is 14.8 Å². The number of benzene rings is 1. The van der Waals surface area contributed by atoms with E-state index in [9.17, 15) is 9.59 Å². The van der Waals surface area contributed by atoms with Crippen LogP contribution in [0, 0.1) is 11.3 Å². The largest absolute Gasteiger partial charge is 0.486 e. The molecule has 1 aromatic carbocycles. The number of hydrogen-bond donors (Lipinski definition) is 1. The highest BCUT2D eigenvalue weighted by Gasteiger charge is 2.61. The quantitative estimate of drug-likeness (QED) is 0.901. The van der Waals surface area contributed by atoms with Crippen LogP contribution in [0.25, 0.3) is 0 Å². The number of rotatable bonds is 2. The van der Waals surface area contributed by atoms with Crippen LogP contribution in [-0.4, -0.2) is 43.0 Å². The minimum absolute atomic E-state index is 0.0578. The standard InChI is InChI=1S/C17H20N2O4/c1-11(20)19-5-4-17(9-12(17)10-19)16(21)18-13-2-3-14-15(8-13)23-7-6-22-14/h2-3,8,12H,4-7,9-10H2,1H3,(H,18,21). The van der Waals surface area contributed by atoms with E-state index in [4.69, 9.17) is 9.47 Å². The van der Waals surface area contributed by atoms with E-state index in [2.05, 4.69) is 5.32 Å². The summed E-state index contributed by atoms with van der Waals surface area (Å²) in [5, 5.41) is 3.01. The van der Waals surface area contributed by atoms with Gasteiger partial charge in [0.1, 0.15) is 13.2 Å². The van der Waals surface area contributed by atoms with Crippen LogP contribution in [0.2, 0.25) is 0 Å². The first kappa shape index (κ1) is 14.4. The number of hydrogen-bond acceptors (Lipinski definition) is 4. The molecule has 2 fully saturated rings. The Kier molecular flexibility index (Phi) is 3.21. The topological polar surface area (TPSA) is 67.9 Å². The van der Waals surface area contributed by atoms with Crippen molar-refractivity contribution < 1.29 is 19.1 Å². The molecule has 1 aromatic rings. The van der Waals surface area contributed by atoms with Crippen molar-refractivity contribution in [3.63, 3.8) is 0 Å². The van der Waals surface area contributed by atoms with Gasteiger partial charge in [0.15, 0.2) is 11.5 Å². The molecule has 1 aliphatic carbocycles. The average molecular weight is 316 g/mol. The van der Waals surface area contributed by atoms with Crippen molar-refractivity contribution >= 4 is 17.5 Å². The lowest BCUT2D eigenvalue weighted by atomic mass is 9.94. The molecule has 6 nitrogen and oxygen atoms in total. The van der Waals surface area contributed by atoms with E-state index >= 15 is 0 Å². The number of fused-ring (bicyclic) bond motifs is 2. The Hall–Kier alpha value is -2.24. The van der Waals surface area contributed by atoms with Gasteiger partial charge in [-0.3, -0.25) is 9.59 Å². The van der Waals surface area contributed by atoms with Gasteiger partial charge in [-0.25, -0.2) is 0 Å². The van der Waals surface area contributed by atoms with E-state index in [1.807, 2.05) is 23.1 Å². The number of nitrogens with zero attached hydrogens (tertiary/aromatic N) is 1. The van der Waals surface area contributed by atoms with Crippen LogP contribution >= 0.6 is 0 Å². The van der Waals surface area contributed by atoms with Crippen LogP contribution in [-0.2, 0) is 9.59 Å². The number of carbonyl (C=O) groups is 2. The third-order valence-corrected chi connectivity index (χ3v) is 5.20. The summed E-state index contributed by atoms with van der Waals surface area (Å²) in [6.45, 7) is 4.03. The smallest absolute Gasteiger partial charge is 0.231 e. The van der Waals surface area contributed by atoms with Crippen molar-refractivity contribution in [1.82, 2.24) is 4.90 Å². The third-order valence-electron chi connectivity index (χ3n) is 5.20. The lowest BCUT2D eigenvalue weighted by Gasteiger charge is -2.30.